The van der Waals surface area contributed by atoms with Gasteiger partial charge in [-0.1, -0.05) is 41.4 Å². The van der Waals surface area contributed by atoms with Crippen molar-refractivity contribution in [1.82, 2.24) is 9.78 Å². The van der Waals surface area contributed by atoms with Gasteiger partial charge in [0, 0.05) is 29.4 Å². The van der Waals surface area contributed by atoms with Crippen molar-refractivity contribution in [2.75, 3.05) is 23.7 Å². The first-order chi connectivity index (χ1) is 17.5. The molecule has 182 valence electrons. The first-order valence-corrected chi connectivity index (χ1v) is 12.0. The van der Waals surface area contributed by atoms with Crippen LogP contribution in [0.3, 0.4) is 0 Å². The van der Waals surface area contributed by atoms with Crippen LogP contribution in [0.15, 0.2) is 72.8 Å². The molecule has 0 amide bonds. The number of nitrogens with zero attached hydrogens (tertiary/aromatic N) is 3. The SMILES string of the molecule is Cc1ccc(C(=O)c2nn(-c3ccc(Cl)cc3)c(NCCCCNc3ccc(F)cc3)c2C#N)cc1. The van der Waals surface area contributed by atoms with Gasteiger partial charge in [-0.15, -0.1) is 0 Å². The van der Waals surface area contributed by atoms with Crippen LogP contribution in [0.5, 0.6) is 0 Å². The maximum Gasteiger partial charge on any atom is 0.214 e. The number of ketones is 1. The molecule has 0 saturated carbocycles. The van der Waals surface area contributed by atoms with Crippen LogP contribution in [0, 0.1) is 24.1 Å². The fourth-order valence-electron chi connectivity index (χ4n) is 3.71. The first-order valence-electron chi connectivity index (χ1n) is 11.6. The topological polar surface area (TPSA) is 82.7 Å². The van der Waals surface area contributed by atoms with E-state index in [1.54, 1.807) is 53.2 Å². The number of aromatic nitrogens is 2. The first kappa shape index (κ1) is 25.0. The van der Waals surface area contributed by atoms with Crippen LogP contribution >= 0.6 is 11.6 Å². The zero-order valence-electron chi connectivity index (χ0n) is 19.8. The molecule has 0 saturated heterocycles. The quantitative estimate of drug-likeness (QED) is 0.194. The second-order valence-corrected chi connectivity index (χ2v) is 8.77. The number of nitriles is 1. The molecule has 0 aliphatic carbocycles. The molecule has 0 aliphatic heterocycles. The van der Waals surface area contributed by atoms with Gasteiger partial charge in [-0.3, -0.25) is 4.79 Å². The molecule has 0 fully saturated rings. The molecule has 0 radical (unpaired) electrons. The second-order valence-electron chi connectivity index (χ2n) is 8.33. The number of nitrogens with one attached hydrogen (secondary N) is 2. The van der Waals surface area contributed by atoms with Gasteiger partial charge in [0.05, 0.1) is 5.69 Å². The molecule has 1 aromatic heterocycles. The van der Waals surface area contributed by atoms with Crippen molar-refractivity contribution in [3.8, 4) is 11.8 Å². The highest BCUT2D eigenvalue weighted by Gasteiger charge is 2.25. The van der Waals surface area contributed by atoms with Gasteiger partial charge in [0.25, 0.3) is 0 Å². The second kappa shape index (κ2) is 11.5. The molecule has 0 spiro atoms. The van der Waals surface area contributed by atoms with Crippen LogP contribution in [-0.4, -0.2) is 28.7 Å². The highest BCUT2D eigenvalue weighted by atomic mass is 35.5. The standard InChI is InChI=1S/C28H25ClFN5O/c1-19-4-6-20(7-5-19)27(36)26-25(18-31)28(35(34-26)24-14-8-21(29)9-15-24)33-17-3-2-16-32-23-12-10-22(30)11-13-23/h4-15,32-33H,2-3,16-17H2,1H3. The Morgan fingerprint density at radius 3 is 2.25 bits per heavy atom. The van der Waals surface area contributed by atoms with Crippen molar-refractivity contribution >= 4 is 28.9 Å². The van der Waals surface area contributed by atoms with E-state index in [1.807, 2.05) is 19.1 Å². The lowest BCUT2D eigenvalue weighted by Gasteiger charge is -2.11. The predicted octanol–water partition coefficient (Wildman–Crippen LogP) is 6.38. The van der Waals surface area contributed by atoms with E-state index >= 15 is 0 Å². The minimum absolute atomic E-state index is 0.0942. The van der Waals surface area contributed by atoms with Gasteiger partial charge < -0.3 is 10.6 Å². The number of halogens is 2. The zero-order chi connectivity index (χ0) is 25.5. The van der Waals surface area contributed by atoms with Crippen LogP contribution in [0.4, 0.5) is 15.9 Å². The average Bonchev–Trinajstić information content (AvgIpc) is 3.26. The van der Waals surface area contributed by atoms with E-state index in [0.29, 0.717) is 35.2 Å². The Kier molecular flexibility index (Phi) is 7.99. The summed E-state index contributed by atoms with van der Waals surface area (Å²) in [6, 6.07) is 22.6. The molecule has 6 nitrogen and oxygen atoms in total. The van der Waals surface area contributed by atoms with Crippen molar-refractivity contribution in [3.05, 3.63) is 106 Å². The monoisotopic (exact) mass is 501 g/mol. The lowest BCUT2D eigenvalue weighted by atomic mass is 10.0. The third kappa shape index (κ3) is 5.91. The van der Waals surface area contributed by atoms with Gasteiger partial charge in [0.15, 0.2) is 5.69 Å². The number of hydrogen-bond donors (Lipinski definition) is 2. The third-order valence-electron chi connectivity index (χ3n) is 5.67. The van der Waals surface area contributed by atoms with Gasteiger partial charge in [-0.25, -0.2) is 9.07 Å². The Morgan fingerprint density at radius 2 is 1.61 bits per heavy atom. The van der Waals surface area contributed by atoms with Crippen molar-refractivity contribution in [3.63, 3.8) is 0 Å². The van der Waals surface area contributed by atoms with Crippen LogP contribution in [-0.2, 0) is 0 Å². The van der Waals surface area contributed by atoms with Crippen molar-refractivity contribution < 1.29 is 9.18 Å². The van der Waals surface area contributed by atoms with Crippen molar-refractivity contribution in [1.29, 1.82) is 5.26 Å². The van der Waals surface area contributed by atoms with Crippen LogP contribution < -0.4 is 10.6 Å². The molecule has 2 N–H and O–H groups in total. The Morgan fingerprint density at radius 1 is 0.972 bits per heavy atom. The molecule has 0 atom stereocenters. The van der Waals surface area contributed by atoms with Crippen molar-refractivity contribution in [2.24, 2.45) is 0 Å². The van der Waals surface area contributed by atoms with E-state index in [0.717, 1.165) is 24.1 Å². The van der Waals surface area contributed by atoms with E-state index < -0.39 is 0 Å². The molecule has 4 aromatic rings. The maximum absolute atomic E-state index is 13.3. The van der Waals surface area contributed by atoms with Gasteiger partial charge in [-0.2, -0.15) is 10.4 Å². The minimum Gasteiger partial charge on any atom is -0.385 e. The Balaban J connectivity index is 1.52. The fraction of sp³-hybridized carbons (Fsp3) is 0.179. The predicted molar refractivity (Wildman–Crippen MR) is 141 cm³/mol. The Bertz CT molecular complexity index is 1370. The highest BCUT2D eigenvalue weighted by Crippen LogP contribution is 2.26. The average molecular weight is 502 g/mol. The molecule has 36 heavy (non-hydrogen) atoms. The van der Waals surface area contributed by atoms with Gasteiger partial charge in [-0.05, 0) is 68.3 Å². The summed E-state index contributed by atoms with van der Waals surface area (Å²) in [7, 11) is 0. The molecule has 4 rings (SSSR count). The zero-order valence-corrected chi connectivity index (χ0v) is 20.5. The molecule has 3 aromatic carbocycles. The molecule has 8 heteroatoms. The van der Waals surface area contributed by atoms with E-state index in [1.165, 1.54) is 12.1 Å². The molecular formula is C28H25ClFN5O. The fourth-order valence-corrected chi connectivity index (χ4v) is 3.84. The maximum atomic E-state index is 13.3. The molecule has 0 bridgehead atoms. The molecular weight excluding hydrogens is 477 g/mol. The molecule has 0 aliphatic rings. The summed E-state index contributed by atoms with van der Waals surface area (Å²) >= 11 is 6.05. The summed E-state index contributed by atoms with van der Waals surface area (Å²) in [5.41, 5.74) is 3.33. The van der Waals surface area contributed by atoms with Crippen LogP contribution in [0.25, 0.3) is 5.69 Å². The lowest BCUT2D eigenvalue weighted by molar-refractivity contribution is 0.103. The summed E-state index contributed by atoms with van der Waals surface area (Å²) in [6.45, 7) is 3.23. The summed E-state index contributed by atoms with van der Waals surface area (Å²) in [5, 5.41) is 21.6. The molecule has 1 heterocycles. The number of carbonyl (C=O) groups is 1. The van der Waals surface area contributed by atoms with E-state index in [-0.39, 0.29) is 22.9 Å². The van der Waals surface area contributed by atoms with Gasteiger partial charge >= 0.3 is 0 Å². The Hall–Kier alpha value is -4.15. The largest absolute Gasteiger partial charge is 0.385 e. The number of anilines is 2. The normalized spacial score (nSPS) is 10.6. The number of hydrogen-bond acceptors (Lipinski definition) is 5. The summed E-state index contributed by atoms with van der Waals surface area (Å²) in [5.74, 6) is -0.122. The van der Waals surface area contributed by atoms with Crippen LogP contribution in [0.1, 0.15) is 40.0 Å². The van der Waals surface area contributed by atoms with E-state index in [2.05, 4.69) is 21.8 Å². The van der Waals surface area contributed by atoms with Gasteiger partial charge in [0.1, 0.15) is 23.3 Å². The number of carbonyl (C=O) groups excluding carboxylic acids is 1. The summed E-state index contributed by atoms with van der Waals surface area (Å²) < 4.78 is 14.6. The van der Waals surface area contributed by atoms with E-state index in [9.17, 15) is 14.4 Å². The van der Waals surface area contributed by atoms with Crippen LogP contribution in [0.2, 0.25) is 5.02 Å². The van der Waals surface area contributed by atoms with Crippen molar-refractivity contribution in [2.45, 2.75) is 19.8 Å². The smallest absolute Gasteiger partial charge is 0.214 e. The lowest BCUT2D eigenvalue weighted by Crippen LogP contribution is -2.10. The number of unbranched alkanes of at least 4 members (excludes halogenated alkanes) is 1. The summed E-state index contributed by atoms with van der Waals surface area (Å²) in [6.07, 6.45) is 1.64. The summed E-state index contributed by atoms with van der Waals surface area (Å²) in [4.78, 5) is 13.3. The van der Waals surface area contributed by atoms with Gasteiger partial charge in [0.2, 0.25) is 5.78 Å². The van der Waals surface area contributed by atoms with E-state index in [4.69, 9.17) is 11.6 Å². The minimum atomic E-state index is -0.314. The number of rotatable bonds is 10. The third-order valence-corrected chi connectivity index (χ3v) is 5.92. The number of aryl methyl sites for hydroxylation is 1. The highest BCUT2D eigenvalue weighted by molar-refractivity contribution is 6.30. The Labute approximate surface area is 214 Å². The molecule has 0 unspecified atom stereocenters. The number of benzene rings is 3.